The van der Waals surface area contributed by atoms with Gasteiger partial charge in [0.1, 0.15) is 43.5 Å². The number of nitrogens with zero attached hydrogens (tertiary/aromatic N) is 2. The van der Waals surface area contributed by atoms with Crippen LogP contribution in [0.25, 0.3) is 0 Å². The van der Waals surface area contributed by atoms with E-state index in [0.717, 1.165) is 11.1 Å². The minimum Gasteiger partial charge on any atom is -0.491 e. The molecule has 4 aromatic rings. The van der Waals surface area contributed by atoms with E-state index in [1.54, 1.807) is 54.6 Å². The van der Waals surface area contributed by atoms with E-state index in [2.05, 4.69) is 16.0 Å². The average molecular weight is 1330 g/mol. The Bertz CT molecular complexity index is 3310. The number of carbonyl (C=O) groups is 3. The molecule has 0 unspecified atom stereocenters. The fraction of sp³-hybridized carbons (Fsp3) is 0.565. The number of hydrogen-bond acceptors (Lipinski definition) is 23. The Morgan fingerprint density at radius 2 is 0.978 bits per heavy atom. The normalized spacial score (nSPS) is 21.6. The summed E-state index contributed by atoms with van der Waals surface area (Å²) < 4.78 is 129. The van der Waals surface area contributed by atoms with Crippen LogP contribution in [-0.2, 0) is 66.0 Å². The van der Waals surface area contributed by atoms with Crippen LogP contribution in [0.3, 0.4) is 0 Å². The van der Waals surface area contributed by atoms with Gasteiger partial charge in [0.05, 0.1) is 79.0 Å². The van der Waals surface area contributed by atoms with Gasteiger partial charge in [0.2, 0.25) is 33.6 Å². The predicted octanol–water partition coefficient (Wildman–Crippen LogP) is 4.15. The number of fused-ring (bicyclic) bond motifs is 4. The van der Waals surface area contributed by atoms with Crippen molar-refractivity contribution in [2.75, 3.05) is 99.7 Å². The highest BCUT2D eigenvalue weighted by atomic mass is 32.2. The van der Waals surface area contributed by atoms with Crippen LogP contribution in [0.1, 0.15) is 51.7 Å². The van der Waals surface area contributed by atoms with Crippen molar-refractivity contribution in [2.45, 2.75) is 112 Å². The Kier molecular flexibility index (Phi) is 24.3. The third-order valence-electron chi connectivity index (χ3n) is 15.8. The number of rotatable bonds is 29. The maximum Gasteiger partial charge on any atom is 0.407 e. The molecule has 4 aromatic carbocycles. The fourth-order valence-electron chi connectivity index (χ4n) is 11.2. The maximum atomic E-state index is 13.9. The van der Waals surface area contributed by atoms with Gasteiger partial charge in [-0.05, 0) is 97.2 Å². The second kappa shape index (κ2) is 32.2. The number of aliphatic hydroxyl groups excluding tert-OH is 3. The van der Waals surface area contributed by atoms with E-state index in [0.29, 0.717) is 60.6 Å². The Balaban J connectivity index is 0.000000218. The van der Waals surface area contributed by atoms with Crippen molar-refractivity contribution in [3.05, 3.63) is 96.1 Å². The summed E-state index contributed by atoms with van der Waals surface area (Å²) in [6.07, 6.45) is -4.79. The first kappa shape index (κ1) is 69.4. The molecular weight excluding hydrogens is 1250 g/mol. The first-order valence-corrected chi connectivity index (χ1v) is 33.5. The molecule has 4 fully saturated rings. The third kappa shape index (κ3) is 18.4. The molecule has 0 aliphatic carbocycles. The van der Waals surface area contributed by atoms with Crippen molar-refractivity contribution in [3.63, 3.8) is 0 Å². The van der Waals surface area contributed by atoms with Gasteiger partial charge in [-0.2, -0.15) is 8.61 Å². The smallest absolute Gasteiger partial charge is 0.407 e. The Morgan fingerprint density at radius 3 is 1.39 bits per heavy atom. The fourth-order valence-corrected chi connectivity index (χ4v) is 14.5. The molecule has 6 heterocycles. The van der Waals surface area contributed by atoms with Gasteiger partial charge >= 0.3 is 18.3 Å². The van der Waals surface area contributed by atoms with E-state index in [-0.39, 0.29) is 126 Å². The molecule has 30 heteroatoms. The van der Waals surface area contributed by atoms with Crippen LogP contribution in [0.15, 0.2) is 94.7 Å². The van der Waals surface area contributed by atoms with Gasteiger partial charge in [-0.3, -0.25) is 0 Å². The van der Waals surface area contributed by atoms with E-state index in [4.69, 9.17) is 66.7 Å². The summed E-state index contributed by atoms with van der Waals surface area (Å²) in [5.41, 5.74) is 1.49. The number of ether oxygens (including phenoxy) is 13. The topological polar surface area (TPSA) is 343 Å². The van der Waals surface area contributed by atoms with Gasteiger partial charge in [0, 0.05) is 45.4 Å². The first-order chi connectivity index (χ1) is 44.2. The molecule has 4 saturated heterocycles. The van der Waals surface area contributed by atoms with E-state index in [9.17, 15) is 41.4 Å². The molecule has 0 bridgehead atoms. The van der Waals surface area contributed by atoms with Gasteiger partial charge in [0.15, 0.2) is 35.6 Å². The number of sulfonamides is 2. The van der Waals surface area contributed by atoms with E-state index in [1.165, 1.54) is 46.0 Å². The van der Waals surface area contributed by atoms with Crippen LogP contribution < -0.4 is 44.4 Å². The number of carbonyl (C=O) groups excluding carboxylic acids is 3. The first-order valence-electron chi connectivity index (χ1n) is 30.6. The van der Waals surface area contributed by atoms with Crippen LogP contribution in [0.5, 0.6) is 34.5 Å². The van der Waals surface area contributed by atoms with Crippen molar-refractivity contribution >= 4 is 38.3 Å². The summed E-state index contributed by atoms with van der Waals surface area (Å²) in [6.45, 7) is 8.84. The van der Waals surface area contributed by atoms with Crippen molar-refractivity contribution in [3.8, 4) is 34.5 Å². The molecule has 28 nitrogen and oxygen atoms in total. The van der Waals surface area contributed by atoms with Crippen molar-refractivity contribution in [1.29, 1.82) is 0 Å². The van der Waals surface area contributed by atoms with Crippen LogP contribution in [0.4, 0.5) is 14.4 Å². The summed E-state index contributed by atoms with van der Waals surface area (Å²) >= 11 is 0. The Morgan fingerprint density at radius 1 is 0.554 bits per heavy atom. The summed E-state index contributed by atoms with van der Waals surface area (Å²) in [6, 6.07) is 20.9. The highest BCUT2D eigenvalue weighted by Crippen LogP contribution is 2.38. The number of benzene rings is 4. The second-order valence-corrected chi connectivity index (χ2v) is 27.4. The van der Waals surface area contributed by atoms with Gasteiger partial charge in [-0.1, -0.05) is 52.0 Å². The van der Waals surface area contributed by atoms with Crippen LogP contribution >= 0.6 is 0 Å². The van der Waals surface area contributed by atoms with Crippen LogP contribution in [-0.4, -0.2) is 208 Å². The van der Waals surface area contributed by atoms with E-state index in [1.807, 2.05) is 27.7 Å². The molecule has 6 aliphatic rings. The quantitative estimate of drug-likeness (QED) is 0.0328. The minimum atomic E-state index is -4.09. The average Bonchev–Trinajstić information content (AvgIpc) is 1.12. The number of aliphatic hydroxyl groups is 3. The molecule has 6 aliphatic heterocycles. The highest BCUT2D eigenvalue weighted by molar-refractivity contribution is 7.89. The number of alkyl carbamates (subject to hydrolysis) is 3. The third-order valence-corrected chi connectivity index (χ3v) is 19.5. The highest BCUT2D eigenvalue weighted by Gasteiger charge is 2.46. The molecule has 3 amide bonds. The monoisotopic (exact) mass is 1330 g/mol. The Hall–Kier alpha value is -6.97. The zero-order valence-corrected chi connectivity index (χ0v) is 53.6. The van der Waals surface area contributed by atoms with Crippen molar-refractivity contribution in [1.82, 2.24) is 24.6 Å². The van der Waals surface area contributed by atoms with E-state index >= 15 is 0 Å². The Labute approximate surface area is 534 Å². The number of amides is 3. The zero-order chi connectivity index (χ0) is 65.5. The van der Waals surface area contributed by atoms with Gasteiger partial charge in [0.25, 0.3) is 0 Å². The van der Waals surface area contributed by atoms with Crippen LogP contribution in [0, 0.1) is 23.7 Å². The molecule has 0 spiro atoms. The summed E-state index contributed by atoms with van der Waals surface area (Å²) in [5.74, 6) is 2.36. The van der Waals surface area contributed by atoms with Gasteiger partial charge in [-0.15, -0.1) is 0 Å². The summed E-state index contributed by atoms with van der Waals surface area (Å²) in [4.78, 5) is 37.5. The summed E-state index contributed by atoms with van der Waals surface area (Å²) in [7, 11) is -6.69. The molecule has 0 radical (unpaired) electrons. The molecule has 6 N–H and O–H groups in total. The lowest BCUT2D eigenvalue weighted by Crippen LogP contribution is -2.51. The molecule has 10 atom stereocenters. The zero-order valence-electron chi connectivity index (χ0n) is 52.0. The molecule has 506 valence electrons. The molecular formula is C62H83N5O23S2. The SMILES string of the molecule is CC(C)CN(C[C@@H](O)[C@H](Cc1ccc(OCCO)cc1)NC(=O)O[C@H]1CO[C@H]2OCC[C@H]21)S(=O)(=O)c1ccc2c(c1)OCO2.CNC(=O)OCCOc1ccc(C[C@H](NC(=O)O[C@H]2CO[C@H]3OCC[C@H]32)[C@H](O)CN(CC(C)C)S(=O)(=O)c2ccc3c(c2)OCO3)cc1. The van der Waals surface area contributed by atoms with Gasteiger partial charge < -0.3 is 92.8 Å². The number of nitrogens with one attached hydrogen (secondary N) is 3. The minimum absolute atomic E-state index is 0.00266. The van der Waals surface area contributed by atoms with Crippen molar-refractivity contribution < 1.29 is 108 Å². The summed E-state index contributed by atoms with van der Waals surface area (Å²) in [5, 5.41) is 40.1. The van der Waals surface area contributed by atoms with E-state index < -0.39 is 87.4 Å². The standard InChI is InChI=1S/C32H43N3O12S.C30H40N2O11S/c1-20(2)16-35(48(39,40)23-8-9-27-28(15-23)46-19-45-27)17-26(36)25(34-32(38)47-29-18-44-30-24(29)10-11-42-30)14-21-4-6-22(7-5-21)41-12-13-43-31(37)33-3;1-19(2)15-32(44(36,37)22-7-8-26-27(14-22)42-18-41-26)16-25(34)24(13-20-3-5-21(6-4-20)38-12-10-33)31-30(35)43-28-17-40-29-23(28)9-11-39-29/h4-9,15,20,24-26,29-30,36H,10-14,16-19H2,1-3H3,(H,33,37)(H,34,38);3-8,14,19,23-25,28-29,33-34H,9-13,15-18H2,1-2H3,(H,31,35)/t24-,25-,26+,29-,30+;23-,24-,25+,28-,29+/m00/s1. The number of hydrogen-bond donors (Lipinski definition) is 6. The second-order valence-electron chi connectivity index (χ2n) is 23.5. The molecule has 10 rings (SSSR count). The molecule has 92 heavy (non-hydrogen) atoms. The largest absolute Gasteiger partial charge is 0.491 e. The predicted molar refractivity (Wildman–Crippen MR) is 325 cm³/mol. The lowest BCUT2D eigenvalue weighted by Gasteiger charge is -2.31. The maximum absolute atomic E-state index is 13.9. The lowest BCUT2D eigenvalue weighted by molar-refractivity contribution is -0.0909. The molecule has 0 saturated carbocycles. The molecule has 0 aromatic heterocycles. The van der Waals surface area contributed by atoms with Crippen LogP contribution in [0.2, 0.25) is 0 Å². The van der Waals surface area contributed by atoms with Gasteiger partial charge in [-0.25, -0.2) is 31.2 Å². The van der Waals surface area contributed by atoms with Crippen molar-refractivity contribution in [2.24, 2.45) is 23.7 Å². The lowest BCUT2D eigenvalue weighted by atomic mass is 10.0.